The summed E-state index contributed by atoms with van der Waals surface area (Å²) in [5, 5.41) is 11.2. The highest BCUT2D eigenvalue weighted by Gasteiger charge is 2.26. The molecule has 0 bridgehead atoms. The maximum Gasteiger partial charge on any atom is 0.299 e. The van der Waals surface area contributed by atoms with Gasteiger partial charge in [-0.05, 0) is 25.0 Å². The van der Waals surface area contributed by atoms with Crippen LogP contribution in [0.2, 0.25) is 0 Å². The molecule has 1 fully saturated rings. The van der Waals surface area contributed by atoms with Crippen LogP contribution in [0.5, 0.6) is 5.75 Å². The third kappa shape index (κ3) is 4.59. The van der Waals surface area contributed by atoms with Gasteiger partial charge in [-0.15, -0.1) is 0 Å². The van der Waals surface area contributed by atoms with Crippen molar-refractivity contribution in [2.45, 2.75) is 18.9 Å². The first kappa shape index (κ1) is 14.4. The van der Waals surface area contributed by atoms with Crippen LogP contribution in [0.3, 0.4) is 0 Å². The van der Waals surface area contributed by atoms with Crippen molar-refractivity contribution in [1.82, 2.24) is 4.72 Å². The molecule has 9 heteroatoms. The molecule has 110 valence electrons. The Bertz CT molecular complexity index is 598. The van der Waals surface area contributed by atoms with Gasteiger partial charge in [0.05, 0.1) is 5.69 Å². The van der Waals surface area contributed by atoms with Gasteiger partial charge in [-0.2, -0.15) is 13.1 Å². The van der Waals surface area contributed by atoms with Gasteiger partial charge in [0.1, 0.15) is 12.4 Å². The van der Waals surface area contributed by atoms with E-state index < -0.39 is 10.2 Å². The van der Waals surface area contributed by atoms with Crippen molar-refractivity contribution < 1.29 is 18.4 Å². The molecule has 0 atom stereocenters. The summed E-state index contributed by atoms with van der Waals surface area (Å²) in [6, 6.07) is 6.42. The SMILES string of the molecule is N/C(COc1cccc(NS(=O)(=O)NC2CC2)c1)=N/O. The minimum Gasteiger partial charge on any atom is -0.485 e. The van der Waals surface area contributed by atoms with Crippen LogP contribution in [0.4, 0.5) is 5.69 Å². The molecule has 5 N–H and O–H groups in total. The van der Waals surface area contributed by atoms with E-state index in [9.17, 15) is 8.42 Å². The molecule has 0 unspecified atom stereocenters. The van der Waals surface area contributed by atoms with Crippen LogP contribution < -0.4 is 19.9 Å². The number of nitrogens with one attached hydrogen (secondary N) is 2. The summed E-state index contributed by atoms with van der Waals surface area (Å²) in [5.74, 6) is 0.328. The third-order valence-electron chi connectivity index (χ3n) is 2.50. The molecule has 1 aromatic carbocycles. The zero-order valence-electron chi connectivity index (χ0n) is 10.6. The summed E-state index contributed by atoms with van der Waals surface area (Å²) in [6.07, 6.45) is 1.73. The second kappa shape index (κ2) is 5.97. The van der Waals surface area contributed by atoms with Gasteiger partial charge >= 0.3 is 0 Å². The van der Waals surface area contributed by atoms with Crippen LogP contribution in [-0.4, -0.2) is 32.1 Å². The summed E-state index contributed by atoms with van der Waals surface area (Å²) in [4.78, 5) is 0. The molecule has 8 nitrogen and oxygen atoms in total. The maximum atomic E-state index is 11.7. The van der Waals surface area contributed by atoms with Gasteiger partial charge in [-0.1, -0.05) is 11.2 Å². The molecule has 0 aliphatic heterocycles. The van der Waals surface area contributed by atoms with E-state index >= 15 is 0 Å². The van der Waals surface area contributed by atoms with Crippen molar-refractivity contribution in [2.24, 2.45) is 10.9 Å². The van der Waals surface area contributed by atoms with Crippen LogP contribution in [0, 0.1) is 0 Å². The van der Waals surface area contributed by atoms with Gasteiger partial charge in [0.15, 0.2) is 5.84 Å². The van der Waals surface area contributed by atoms with Crippen LogP contribution in [0.25, 0.3) is 0 Å². The Morgan fingerprint density at radius 3 is 2.90 bits per heavy atom. The second-order valence-corrected chi connectivity index (χ2v) is 5.85. The number of rotatable bonds is 7. The number of hydrogen-bond acceptors (Lipinski definition) is 5. The van der Waals surface area contributed by atoms with Crippen molar-refractivity contribution in [3.8, 4) is 5.75 Å². The lowest BCUT2D eigenvalue weighted by Crippen LogP contribution is -2.31. The number of anilines is 1. The Morgan fingerprint density at radius 1 is 1.50 bits per heavy atom. The smallest absolute Gasteiger partial charge is 0.299 e. The zero-order chi connectivity index (χ0) is 14.6. The predicted molar refractivity (Wildman–Crippen MR) is 74.0 cm³/mol. The molecule has 1 saturated carbocycles. The van der Waals surface area contributed by atoms with Crippen LogP contribution in [0.1, 0.15) is 12.8 Å². The minimum absolute atomic E-state index is 0.0347. The second-order valence-electron chi connectivity index (χ2n) is 4.41. The van der Waals surface area contributed by atoms with E-state index in [1.54, 1.807) is 18.2 Å². The number of nitrogens with two attached hydrogens (primary N) is 1. The van der Waals surface area contributed by atoms with E-state index in [2.05, 4.69) is 14.6 Å². The van der Waals surface area contributed by atoms with Gasteiger partial charge in [-0.3, -0.25) is 4.72 Å². The molecule has 0 amide bonds. The van der Waals surface area contributed by atoms with Crippen molar-refractivity contribution in [3.63, 3.8) is 0 Å². The lowest BCUT2D eigenvalue weighted by Gasteiger charge is -2.10. The highest BCUT2D eigenvalue weighted by atomic mass is 32.2. The Kier molecular flexibility index (Phi) is 4.30. The topological polar surface area (TPSA) is 126 Å². The summed E-state index contributed by atoms with van der Waals surface area (Å²) in [7, 11) is -3.57. The quantitative estimate of drug-likeness (QED) is 0.248. The zero-order valence-corrected chi connectivity index (χ0v) is 11.4. The fraction of sp³-hybridized carbons (Fsp3) is 0.364. The summed E-state index contributed by atoms with van der Waals surface area (Å²) >= 11 is 0. The van der Waals surface area contributed by atoms with E-state index in [-0.39, 0.29) is 18.5 Å². The molecule has 0 radical (unpaired) electrons. The molecule has 1 aliphatic carbocycles. The van der Waals surface area contributed by atoms with Gasteiger partial charge in [0, 0.05) is 12.1 Å². The van der Waals surface area contributed by atoms with Crippen molar-refractivity contribution in [1.29, 1.82) is 0 Å². The van der Waals surface area contributed by atoms with Crippen LogP contribution in [-0.2, 0) is 10.2 Å². The Labute approximate surface area is 116 Å². The molecule has 0 heterocycles. The number of hydrogen-bond donors (Lipinski definition) is 4. The van der Waals surface area contributed by atoms with E-state index in [4.69, 9.17) is 15.7 Å². The highest BCUT2D eigenvalue weighted by molar-refractivity contribution is 7.90. The van der Waals surface area contributed by atoms with E-state index in [1.165, 1.54) is 6.07 Å². The van der Waals surface area contributed by atoms with Crippen molar-refractivity contribution >= 4 is 21.7 Å². The largest absolute Gasteiger partial charge is 0.485 e. The normalized spacial score (nSPS) is 15.9. The Balaban J connectivity index is 1.98. The number of benzene rings is 1. The first-order chi connectivity index (χ1) is 9.48. The molecule has 0 aromatic heterocycles. The van der Waals surface area contributed by atoms with E-state index in [0.29, 0.717) is 11.4 Å². The first-order valence-electron chi connectivity index (χ1n) is 5.98. The predicted octanol–water partition coefficient (Wildman–Crippen LogP) is 0.220. The Morgan fingerprint density at radius 2 is 2.25 bits per heavy atom. The summed E-state index contributed by atoms with van der Waals surface area (Å²) in [5.41, 5.74) is 5.65. The van der Waals surface area contributed by atoms with Gasteiger partial charge in [0.25, 0.3) is 10.2 Å². The van der Waals surface area contributed by atoms with Crippen molar-refractivity contribution in [2.75, 3.05) is 11.3 Å². The molecule has 1 aliphatic rings. The number of amidine groups is 1. The van der Waals surface area contributed by atoms with E-state index in [0.717, 1.165) is 12.8 Å². The first-order valence-corrected chi connectivity index (χ1v) is 7.46. The fourth-order valence-electron chi connectivity index (χ4n) is 1.44. The standard InChI is InChI=1S/C11H16N4O4S/c12-11(13-16)7-19-10-3-1-2-9(6-10)15-20(17,18)14-8-4-5-8/h1-3,6,8,14-16H,4-5,7H2,(H2,12,13). The number of ether oxygens (including phenoxy) is 1. The molecule has 0 spiro atoms. The fourth-order valence-corrected chi connectivity index (χ4v) is 2.61. The summed E-state index contributed by atoms with van der Waals surface area (Å²) < 4.78 is 33.6. The molecule has 1 aromatic rings. The average molecular weight is 300 g/mol. The number of nitrogens with zero attached hydrogens (tertiary/aromatic N) is 1. The van der Waals surface area contributed by atoms with Gasteiger partial charge in [-0.25, -0.2) is 0 Å². The lowest BCUT2D eigenvalue weighted by molar-refractivity contribution is 0.306. The van der Waals surface area contributed by atoms with Crippen LogP contribution in [0.15, 0.2) is 29.4 Å². The van der Waals surface area contributed by atoms with Crippen molar-refractivity contribution in [3.05, 3.63) is 24.3 Å². The molecule has 20 heavy (non-hydrogen) atoms. The lowest BCUT2D eigenvalue weighted by atomic mass is 10.3. The molecular formula is C11H16N4O4S. The molecular weight excluding hydrogens is 284 g/mol. The molecule has 2 rings (SSSR count). The highest BCUT2D eigenvalue weighted by Crippen LogP contribution is 2.21. The average Bonchev–Trinajstić information content (AvgIpc) is 3.18. The van der Waals surface area contributed by atoms with Gasteiger partial charge in [0.2, 0.25) is 0 Å². The monoisotopic (exact) mass is 300 g/mol. The molecule has 0 saturated heterocycles. The number of oxime groups is 1. The van der Waals surface area contributed by atoms with E-state index in [1.807, 2.05) is 0 Å². The summed E-state index contributed by atoms with van der Waals surface area (Å²) in [6.45, 7) is -0.0903. The van der Waals surface area contributed by atoms with Crippen LogP contribution >= 0.6 is 0 Å². The Hall–Kier alpha value is -2.00. The van der Waals surface area contributed by atoms with Gasteiger partial charge < -0.3 is 15.7 Å². The third-order valence-corrected chi connectivity index (χ3v) is 3.65. The minimum atomic E-state index is -3.57. The maximum absolute atomic E-state index is 11.7.